The van der Waals surface area contributed by atoms with Crippen molar-refractivity contribution in [3.8, 4) is 11.1 Å². The van der Waals surface area contributed by atoms with Gasteiger partial charge in [-0.3, -0.25) is 0 Å². The van der Waals surface area contributed by atoms with Crippen molar-refractivity contribution < 1.29 is 0 Å². The van der Waals surface area contributed by atoms with Gasteiger partial charge in [-0.15, -0.1) is 6.58 Å². The number of benzene rings is 2. The van der Waals surface area contributed by atoms with E-state index in [9.17, 15) is 0 Å². The summed E-state index contributed by atoms with van der Waals surface area (Å²) in [6.45, 7) is 12.0. The highest BCUT2D eigenvalue weighted by Gasteiger charge is 2.25. The summed E-state index contributed by atoms with van der Waals surface area (Å²) in [5.74, 6) is 0.293. The average Bonchev–Trinajstić information content (AvgIpc) is 3.60. The maximum Gasteiger partial charge on any atom is 0.0285 e. The number of hydrogen-bond donors (Lipinski definition) is 0. The maximum atomic E-state index is 4.05. The molecule has 1 aliphatic rings. The van der Waals surface area contributed by atoms with Crippen LogP contribution in [0, 0.1) is 5.92 Å². The lowest BCUT2D eigenvalue weighted by molar-refractivity contribution is 1.20. The van der Waals surface area contributed by atoms with E-state index < -0.39 is 0 Å². The minimum atomic E-state index is 0.293. The van der Waals surface area contributed by atoms with Crippen LogP contribution in [0.4, 0.5) is 0 Å². The summed E-state index contributed by atoms with van der Waals surface area (Å²) in [6.07, 6.45) is 17.2. The zero-order valence-electron chi connectivity index (χ0n) is 17.9. The molecular formula is C30H28. The van der Waals surface area contributed by atoms with Crippen LogP contribution in [0.5, 0.6) is 0 Å². The van der Waals surface area contributed by atoms with Gasteiger partial charge in [-0.05, 0) is 59.7 Å². The fourth-order valence-corrected chi connectivity index (χ4v) is 3.69. The lowest BCUT2D eigenvalue weighted by atomic mass is 9.82. The van der Waals surface area contributed by atoms with Gasteiger partial charge in [-0.25, -0.2) is 0 Å². The van der Waals surface area contributed by atoms with E-state index in [4.69, 9.17) is 0 Å². The summed E-state index contributed by atoms with van der Waals surface area (Å²) in [5, 5.41) is 0. The third-order valence-corrected chi connectivity index (χ3v) is 5.04. The molecule has 0 heterocycles. The molecule has 0 fully saturated rings. The Hall–Kier alpha value is -3.56. The SMILES string of the molecule is C=C/C=C(\C=C/C)c1ccc(-c2ccccc2)c(CC=C)c1C(=C=C=CC)C1C=C1. The molecule has 0 saturated carbocycles. The summed E-state index contributed by atoms with van der Waals surface area (Å²) in [4.78, 5) is 0. The zero-order valence-corrected chi connectivity index (χ0v) is 17.9. The second-order valence-electron chi connectivity index (χ2n) is 7.11. The molecule has 30 heavy (non-hydrogen) atoms. The van der Waals surface area contributed by atoms with E-state index in [-0.39, 0.29) is 0 Å². The van der Waals surface area contributed by atoms with Crippen LogP contribution in [0.25, 0.3) is 22.3 Å². The van der Waals surface area contributed by atoms with Gasteiger partial charge in [0.05, 0.1) is 0 Å². The Morgan fingerprint density at radius 2 is 1.80 bits per heavy atom. The Bertz CT molecular complexity index is 1110. The van der Waals surface area contributed by atoms with Crippen molar-refractivity contribution in [1.29, 1.82) is 0 Å². The van der Waals surface area contributed by atoms with Crippen LogP contribution in [0.2, 0.25) is 0 Å². The fourth-order valence-electron chi connectivity index (χ4n) is 3.69. The molecule has 0 unspecified atom stereocenters. The van der Waals surface area contributed by atoms with Crippen molar-refractivity contribution in [1.82, 2.24) is 0 Å². The first-order valence-electron chi connectivity index (χ1n) is 10.4. The minimum Gasteiger partial charge on any atom is -0.103 e. The second-order valence-corrected chi connectivity index (χ2v) is 7.11. The Labute approximate surface area is 181 Å². The van der Waals surface area contributed by atoms with Crippen LogP contribution in [-0.4, -0.2) is 0 Å². The van der Waals surface area contributed by atoms with Crippen molar-refractivity contribution in [3.63, 3.8) is 0 Å². The van der Waals surface area contributed by atoms with Gasteiger partial charge in [0.15, 0.2) is 0 Å². The molecule has 0 atom stereocenters. The van der Waals surface area contributed by atoms with Gasteiger partial charge in [0, 0.05) is 11.5 Å². The van der Waals surface area contributed by atoms with Crippen LogP contribution in [-0.2, 0) is 6.42 Å². The van der Waals surface area contributed by atoms with Crippen molar-refractivity contribution in [2.24, 2.45) is 5.92 Å². The highest BCUT2D eigenvalue weighted by atomic mass is 14.3. The van der Waals surface area contributed by atoms with Gasteiger partial charge in [-0.1, -0.05) is 103 Å². The lowest BCUT2D eigenvalue weighted by Crippen LogP contribution is -2.03. The molecule has 0 nitrogen and oxygen atoms in total. The van der Waals surface area contributed by atoms with Crippen LogP contribution in [0.1, 0.15) is 30.5 Å². The summed E-state index contributed by atoms with van der Waals surface area (Å²) in [7, 11) is 0. The molecule has 0 radical (unpaired) electrons. The molecule has 3 rings (SSSR count). The molecule has 0 spiro atoms. The summed E-state index contributed by atoms with van der Waals surface area (Å²) >= 11 is 0. The fraction of sp³-hybridized carbons (Fsp3) is 0.133. The topological polar surface area (TPSA) is 0 Å². The third-order valence-electron chi connectivity index (χ3n) is 5.04. The van der Waals surface area contributed by atoms with Gasteiger partial charge in [0.2, 0.25) is 0 Å². The number of hydrogen-bond acceptors (Lipinski definition) is 0. The molecule has 0 saturated heterocycles. The van der Waals surface area contributed by atoms with E-state index >= 15 is 0 Å². The minimum absolute atomic E-state index is 0.293. The molecular weight excluding hydrogens is 360 g/mol. The molecule has 0 amide bonds. The molecule has 2 aromatic rings. The first-order chi connectivity index (χ1) is 14.7. The van der Waals surface area contributed by atoms with E-state index in [0.717, 1.165) is 17.6 Å². The molecule has 0 N–H and O–H groups in total. The maximum absolute atomic E-state index is 4.05. The Morgan fingerprint density at radius 1 is 1.03 bits per heavy atom. The molecule has 2 aromatic carbocycles. The largest absolute Gasteiger partial charge is 0.103 e. The first-order valence-corrected chi connectivity index (χ1v) is 10.4. The standard InChI is InChI=1S/C30H28/c1-5-9-18-27(25-19-20-25)30-28(23(13-6-2)14-7-3)22-21-26(29(30)15-8-4)24-16-11-10-12-17-24/h5-8,10-14,16-17,19-22,25H,2,4,15H2,1,3H3/b14-7-,23-13+,27-5?. The number of rotatable bonds is 8. The highest BCUT2D eigenvalue weighted by Crippen LogP contribution is 2.42. The van der Waals surface area contributed by atoms with Gasteiger partial charge >= 0.3 is 0 Å². The Kier molecular flexibility index (Phi) is 7.25. The molecule has 0 bridgehead atoms. The molecule has 148 valence electrons. The molecule has 1 aliphatic carbocycles. The normalized spacial score (nSPS) is 12.9. The predicted molar refractivity (Wildman–Crippen MR) is 132 cm³/mol. The smallest absolute Gasteiger partial charge is 0.0285 e. The highest BCUT2D eigenvalue weighted by molar-refractivity contribution is 5.91. The molecule has 0 aromatic heterocycles. The summed E-state index contributed by atoms with van der Waals surface area (Å²) in [6, 6.07) is 15.0. The van der Waals surface area contributed by atoms with Crippen molar-refractivity contribution in [2.45, 2.75) is 20.3 Å². The quantitative estimate of drug-likeness (QED) is 0.243. The van der Waals surface area contributed by atoms with Crippen LogP contribution >= 0.6 is 0 Å². The van der Waals surface area contributed by atoms with E-state index in [1.54, 1.807) is 0 Å². The zero-order chi connectivity index (χ0) is 21.3. The van der Waals surface area contributed by atoms with Crippen LogP contribution < -0.4 is 0 Å². The van der Waals surface area contributed by atoms with Crippen LogP contribution in [0.3, 0.4) is 0 Å². The van der Waals surface area contributed by atoms with Crippen molar-refractivity contribution in [2.75, 3.05) is 0 Å². The number of allylic oxidation sites excluding steroid dienone is 10. The van der Waals surface area contributed by atoms with Gasteiger partial charge in [0.25, 0.3) is 0 Å². The van der Waals surface area contributed by atoms with Crippen molar-refractivity contribution >= 4 is 11.1 Å². The van der Waals surface area contributed by atoms with Gasteiger partial charge in [-0.2, -0.15) is 0 Å². The monoisotopic (exact) mass is 388 g/mol. The lowest BCUT2D eigenvalue weighted by Gasteiger charge is -2.20. The average molecular weight is 389 g/mol. The Balaban J connectivity index is 2.43. The van der Waals surface area contributed by atoms with E-state index in [1.807, 2.05) is 32.1 Å². The van der Waals surface area contributed by atoms with Crippen molar-refractivity contribution in [3.05, 3.63) is 132 Å². The second kappa shape index (κ2) is 10.3. The van der Waals surface area contributed by atoms with E-state index in [0.29, 0.717) is 5.92 Å². The summed E-state index contributed by atoms with van der Waals surface area (Å²) in [5.41, 5.74) is 15.0. The van der Waals surface area contributed by atoms with Crippen LogP contribution in [0.15, 0.2) is 116 Å². The van der Waals surface area contributed by atoms with Gasteiger partial charge < -0.3 is 0 Å². The van der Waals surface area contributed by atoms with E-state index in [2.05, 4.69) is 97.5 Å². The predicted octanol–water partition coefficient (Wildman–Crippen LogP) is 8.13. The molecule has 0 aliphatic heterocycles. The van der Waals surface area contributed by atoms with E-state index in [1.165, 1.54) is 27.8 Å². The van der Waals surface area contributed by atoms with Gasteiger partial charge in [0.1, 0.15) is 0 Å². The third kappa shape index (κ3) is 4.70. The Morgan fingerprint density at radius 3 is 2.40 bits per heavy atom. The summed E-state index contributed by atoms with van der Waals surface area (Å²) < 4.78 is 0. The first kappa shape index (κ1) is 21.2. The molecule has 0 heteroatoms.